The second kappa shape index (κ2) is 7.24. The van der Waals surface area contributed by atoms with Crippen LogP contribution in [0.4, 0.5) is 0 Å². The lowest BCUT2D eigenvalue weighted by Crippen LogP contribution is -2.28. The Bertz CT molecular complexity index is 977. The maximum atomic E-state index is 12.9. The number of tetrazole rings is 1. The Morgan fingerprint density at radius 3 is 2.78 bits per heavy atom. The van der Waals surface area contributed by atoms with E-state index in [4.69, 9.17) is 21.1 Å². The van der Waals surface area contributed by atoms with Crippen molar-refractivity contribution < 1.29 is 14.3 Å². The number of nitrogens with one attached hydrogen (secondary N) is 1. The van der Waals surface area contributed by atoms with Crippen LogP contribution in [0, 0.1) is 0 Å². The van der Waals surface area contributed by atoms with Crippen LogP contribution in [0.3, 0.4) is 0 Å². The minimum absolute atomic E-state index is 0.256. The molecule has 1 aliphatic heterocycles. The van der Waals surface area contributed by atoms with Gasteiger partial charge in [-0.3, -0.25) is 4.79 Å². The SMILES string of the molecule is CC(NC(=O)c1cc(Cl)ccc1-n1cnnn1)c1ccc2c(c1)OCCO2. The highest BCUT2D eigenvalue weighted by atomic mass is 35.5. The Balaban J connectivity index is 1.58. The van der Waals surface area contributed by atoms with E-state index in [1.807, 2.05) is 25.1 Å². The normalized spacial score (nSPS) is 13.9. The molecule has 0 spiro atoms. The lowest BCUT2D eigenvalue weighted by molar-refractivity contribution is 0.0939. The Kier molecular flexibility index (Phi) is 4.64. The second-order valence-corrected chi connectivity index (χ2v) is 6.45. The number of amides is 1. The Morgan fingerprint density at radius 1 is 1.19 bits per heavy atom. The first-order valence-electron chi connectivity index (χ1n) is 8.35. The van der Waals surface area contributed by atoms with Gasteiger partial charge < -0.3 is 14.8 Å². The van der Waals surface area contributed by atoms with Gasteiger partial charge in [0.15, 0.2) is 11.5 Å². The maximum Gasteiger partial charge on any atom is 0.254 e. The van der Waals surface area contributed by atoms with Gasteiger partial charge in [-0.2, -0.15) is 4.68 Å². The summed E-state index contributed by atoms with van der Waals surface area (Å²) in [5.41, 5.74) is 1.81. The second-order valence-electron chi connectivity index (χ2n) is 6.01. The fourth-order valence-electron chi connectivity index (χ4n) is 2.85. The smallest absolute Gasteiger partial charge is 0.254 e. The van der Waals surface area contributed by atoms with E-state index in [1.165, 1.54) is 11.0 Å². The summed E-state index contributed by atoms with van der Waals surface area (Å²) in [6, 6.07) is 10.3. The first-order valence-corrected chi connectivity index (χ1v) is 8.73. The van der Waals surface area contributed by atoms with Crippen molar-refractivity contribution in [1.29, 1.82) is 0 Å². The number of nitrogens with zero attached hydrogens (tertiary/aromatic N) is 4. The number of fused-ring (bicyclic) bond motifs is 1. The zero-order valence-corrected chi connectivity index (χ0v) is 15.2. The van der Waals surface area contributed by atoms with Crippen LogP contribution >= 0.6 is 11.6 Å². The number of aromatic nitrogens is 4. The van der Waals surface area contributed by atoms with E-state index in [2.05, 4.69) is 20.8 Å². The Morgan fingerprint density at radius 2 is 2.00 bits per heavy atom. The minimum atomic E-state index is -0.287. The summed E-state index contributed by atoms with van der Waals surface area (Å²) in [5, 5.41) is 14.5. The summed E-state index contributed by atoms with van der Waals surface area (Å²) in [6.07, 6.45) is 1.42. The number of rotatable bonds is 4. The zero-order chi connectivity index (χ0) is 18.8. The molecule has 0 aliphatic carbocycles. The van der Waals surface area contributed by atoms with Gasteiger partial charge in [-0.05, 0) is 53.2 Å². The van der Waals surface area contributed by atoms with Crippen molar-refractivity contribution in [3.8, 4) is 17.2 Å². The standard InChI is InChI=1S/C18H16ClN5O3/c1-11(12-2-5-16-17(8-12)27-7-6-26-16)21-18(25)14-9-13(19)3-4-15(14)24-10-20-22-23-24/h2-5,8-11H,6-7H2,1H3,(H,21,25). The summed E-state index contributed by atoms with van der Waals surface area (Å²) in [5.74, 6) is 1.10. The predicted molar refractivity (Wildman–Crippen MR) is 97.5 cm³/mol. The van der Waals surface area contributed by atoms with Crippen molar-refractivity contribution in [2.24, 2.45) is 0 Å². The zero-order valence-electron chi connectivity index (χ0n) is 14.4. The molecule has 0 radical (unpaired) electrons. The summed E-state index contributed by atoms with van der Waals surface area (Å²) >= 11 is 6.08. The highest BCUT2D eigenvalue weighted by molar-refractivity contribution is 6.31. The van der Waals surface area contributed by atoms with Crippen molar-refractivity contribution in [2.45, 2.75) is 13.0 Å². The van der Waals surface area contributed by atoms with Crippen LogP contribution in [-0.2, 0) is 0 Å². The number of benzene rings is 2. The molecule has 2 heterocycles. The highest BCUT2D eigenvalue weighted by Gasteiger charge is 2.19. The molecule has 0 saturated heterocycles. The molecular formula is C18H16ClN5O3. The Labute approximate surface area is 160 Å². The van der Waals surface area contributed by atoms with Gasteiger partial charge in [0, 0.05) is 5.02 Å². The first-order chi connectivity index (χ1) is 13.1. The first kappa shape index (κ1) is 17.3. The molecule has 1 unspecified atom stereocenters. The number of hydrogen-bond acceptors (Lipinski definition) is 6. The maximum absolute atomic E-state index is 12.9. The van der Waals surface area contributed by atoms with E-state index >= 15 is 0 Å². The largest absolute Gasteiger partial charge is 0.486 e. The molecule has 2 aromatic carbocycles. The van der Waals surface area contributed by atoms with Crippen LogP contribution < -0.4 is 14.8 Å². The summed E-state index contributed by atoms with van der Waals surface area (Å²) < 4.78 is 12.6. The molecule has 9 heteroatoms. The van der Waals surface area contributed by atoms with Gasteiger partial charge in [-0.15, -0.1) is 5.10 Å². The molecule has 1 amide bonds. The third-order valence-corrected chi connectivity index (χ3v) is 4.45. The monoisotopic (exact) mass is 385 g/mol. The molecule has 3 aromatic rings. The summed E-state index contributed by atoms with van der Waals surface area (Å²) in [7, 11) is 0. The average molecular weight is 386 g/mol. The fraction of sp³-hybridized carbons (Fsp3) is 0.222. The molecule has 0 fully saturated rings. The number of carbonyl (C=O) groups is 1. The van der Waals surface area contributed by atoms with Crippen LogP contribution in [-0.4, -0.2) is 39.3 Å². The molecule has 138 valence electrons. The molecule has 1 N–H and O–H groups in total. The summed E-state index contributed by atoms with van der Waals surface area (Å²) in [6.45, 7) is 2.94. The van der Waals surface area contributed by atoms with Gasteiger partial charge >= 0.3 is 0 Å². The topological polar surface area (TPSA) is 91.2 Å². The van der Waals surface area contributed by atoms with Gasteiger partial charge in [0.1, 0.15) is 19.5 Å². The number of ether oxygens (including phenoxy) is 2. The van der Waals surface area contributed by atoms with E-state index < -0.39 is 0 Å². The van der Waals surface area contributed by atoms with Crippen molar-refractivity contribution in [3.63, 3.8) is 0 Å². The van der Waals surface area contributed by atoms with Gasteiger partial charge in [-0.25, -0.2) is 0 Å². The van der Waals surface area contributed by atoms with Gasteiger partial charge in [0.25, 0.3) is 5.91 Å². The van der Waals surface area contributed by atoms with E-state index in [-0.39, 0.29) is 11.9 Å². The third kappa shape index (κ3) is 3.56. The molecule has 8 nitrogen and oxygen atoms in total. The van der Waals surface area contributed by atoms with E-state index in [1.54, 1.807) is 18.2 Å². The molecule has 1 aliphatic rings. The van der Waals surface area contributed by atoms with Crippen LogP contribution in [0.25, 0.3) is 5.69 Å². The van der Waals surface area contributed by atoms with Crippen molar-refractivity contribution in [1.82, 2.24) is 25.5 Å². The molecule has 1 atom stereocenters. The van der Waals surface area contributed by atoms with Crippen LogP contribution in [0.2, 0.25) is 5.02 Å². The van der Waals surface area contributed by atoms with Crippen molar-refractivity contribution in [3.05, 3.63) is 58.9 Å². The van der Waals surface area contributed by atoms with E-state index in [9.17, 15) is 4.79 Å². The van der Waals surface area contributed by atoms with Gasteiger partial charge in [0.05, 0.1) is 17.3 Å². The van der Waals surface area contributed by atoms with Crippen LogP contribution in [0.1, 0.15) is 28.9 Å². The highest BCUT2D eigenvalue weighted by Crippen LogP contribution is 2.32. The third-order valence-electron chi connectivity index (χ3n) is 4.21. The van der Waals surface area contributed by atoms with Crippen molar-refractivity contribution in [2.75, 3.05) is 13.2 Å². The van der Waals surface area contributed by atoms with Crippen LogP contribution in [0.15, 0.2) is 42.7 Å². The average Bonchev–Trinajstić information content (AvgIpc) is 3.22. The quantitative estimate of drug-likeness (QED) is 0.742. The molecule has 4 rings (SSSR count). The fourth-order valence-corrected chi connectivity index (χ4v) is 3.02. The minimum Gasteiger partial charge on any atom is -0.486 e. The lowest BCUT2D eigenvalue weighted by atomic mass is 10.1. The van der Waals surface area contributed by atoms with Crippen LogP contribution in [0.5, 0.6) is 11.5 Å². The Hall–Kier alpha value is -3.13. The lowest BCUT2D eigenvalue weighted by Gasteiger charge is -2.21. The molecule has 0 bridgehead atoms. The summed E-state index contributed by atoms with van der Waals surface area (Å²) in [4.78, 5) is 12.9. The molecular weight excluding hydrogens is 370 g/mol. The molecule has 0 saturated carbocycles. The predicted octanol–water partition coefficient (Wildman–Crippen LogP) is 2.58. The van der Waals surface area contributed by atoms with E-state index in [0.29, 0.717) is 41.0 Å². The van der Waals surface area contributed by atoms with Crippen molar-refractivity contribution >= 4 is 17.5 Å². The number of halogens is 1. The number of hydrogen-bond donors (Lipinski definition) is 1. The molecule has 1 aromatic heterocycles. The van der Waals surface area contributed by atoms with E-state index in [0.717, 1.165) is 5.56 Å². The van der Waals surface area contributed by atoms with Gasteiger partial charge in [0.2, 0.25) is 0 Å². The molecule has 27 heavy (non-hydrogen) atoms. The number of carbonyl (C=O) groups excluding carboxylic acids is 1. The van der Waals surface area contributed by atoms with Gasteiger partial charge in [-0.1, -0.05) is 17.7 Å².